The van der Waals surface area contributed by atoms with Crippen molar-refractivity contribution >= 4 is 0 Å². The molecule has 0 amide bonds. The van der Waals surface area contributed by atoms with Crippen LogP contribution in [0.4, 0.5) is 0 Å². The Balaban J connectivity index is 2.98. The van der Waals surface area contributed by atoms with Crippen molar-refractivity contribution in [2.45, 2.75) is 39.0 Å². The minimum absolute atomic E-state index is 0.535. The van der Waals surface area contributed by atoms with E-state index in [0.29, 0.717) is 106 Å². The lowest BCUT2D eigenvalue weighted by atomic mass is 10.2. The van der Waals surface area contributed by atoms with Crippen molar-refractivity contribution in [3.05, 3.63) is 0 Å². The minimum atomic E-state index is 0.535. The van der Waals surface area contributed by atoms with E-state index in [2.05, 4.69) is 6.92 Å². The zero-order valence-electron chi connectivity index (χ0n) is 20.4. The lowest BCUT2D eigenvalue weighted by Crippen LogP contribution is -2.15. The van der Waals surface area contributed by atoms with Gasteiger partial charge in [-0.3, -0.25) is 0 Å². The standard InChI is InChI=1S/C23H49NO8/c1-2-3-4-5-6-8-25-10-12-27-14-16-29-18-20-31-22-23-32-21-19-30-17-15-28-13-11-26-9-7-24/h2-24H2,1H3. The smallest absolute Gasteiger partial charge is 0.0701 e. The fourth-order valence-corrected chi connectivity index (χ4v) is 2.53. The van der Waals surface area contributed by atoms with Crippen LogP contribution in [0.15, 0.2) is 0 Å². The molecular formula is C23H49NO8. The van der Waals surface area contributed by atoms with Crippen molar-refractivity contribution in [3.63, 3.8) is 0 Å². The number of ether oxygens (including phenoxy) is 8. The van der Waals surface area contributed by atoms with E-state index in [4.69, 9.17) is 43.6 Å². The van der Waals surface area contributed by atoms with Crippen molar-refractivity contribution in [3.8, 4) is 0 Å². The molecule has 0 rings (SSSR count). The summed E-state index contributed by atoms with van der Waals surface area (Å²) < 4.78 is 43.3. The molecule has 9 heteroatoms. The average molecular weight is 468 g/mol. The third-order valence-electron chi connectivity index (χ3n) is 4.26. The summed E-state index contributed by atoms with van der Waals surface area (Å²) in [6.07, 6.45) is 6.31. The maximum absolute atomic E-state index is 5.54. The third-order valence-corrected chi connectivity index (χ3v) is 4.26. The zero-order valence-corrected chi connectivity index (χ0v) is 20.4. The molecule has 0 aromatic carbocycles. The normalized spacial score (nSPS) is 11.4. The van der Waals surface area contributed by atoms with Gasteiger partial charge in [0.25, 0.3) is 0 Å². The predicted molar refractivity (Wildman–Crippen MR) is 124 cm³/mol. The Kier molecular flexibility index (Phi) is 30.3. The van der Waals surface area contributed by atoms with Gasteiger partial charge in [-0.05, 0) is 6.42 Å². The number of rotatable bonds is 29. The molecular weight excluding hydrogens is 418 g/mol. The average Bonchev–Trinajstić information content (AvgIpc) is 2.81. The number of hydrogen-bond acceptors (Lipinski definition) is 9. The minimum Gasteiger partial charge on any atom is -0.379 e. The van der Waals surface area contributed by atoms with Crippen molar-refractivity contribution in [1.82, 2.24) is 0 Å². The van der Waals surface area contributed by atoms with E-state index in [0.717, 1.165) is 13.0 Å². The van der Waals surface area contributed by atoms with Crippen LogP contribution in [0.5, 0.6) is 0 Å². The lowest BCUT2D eigenvalue weighted by molar-refractivity contribution is -0.0230. The summed E-state index contributed by atoms with van der Waals surface area (Å²) in [4.78, 5) is 0. The van der Waals surface area contributed by atoms with Gasteiger partial charge in [0, 0.05) is 13.2 Å². The SMILES string of the molecule is CCCCCCCOCCOCCOCCOCCOCCOCCOCCOCCN. The Morgan fingerprint density at radius 3 is 0.938 bits per heavy atom. The van der Waals surface area contributed by atoms with Crippen LogP contribution in [0.2, 0.25) is 0 Å². The molecule has 0 aliphatic carbocycles. The Morgan fingerprint density at radius 1 is 0.344 bits per heavy atom. The summed E-state index contributed by atoms with van der Waals surface area (Å²) in [5.41, 5.74) is 5.32. The maximum atomic E-state index is 5.54. The molecule has 0 atom stereocenters. The molecule has 194 valence electrons. The summed E-state index contributed by atoms with van der Waals surface area (Å²) in [6.45, 7) is 12.1. The first-order valence-corrected chi connectivity index (χ1v) is 12.2. The molecule has 9 nitrogen and oxygen atoms in total. The second-order valence-electron chi connectivity index (χ2n) is 7.10. The maximum Gasteiger partial charge on any atom is 0.0701 e. The molecule has 0 aliphatic rings. The molecule has 2 N–H and O–H groups in total. The van der Waals surface area contributed by atoms with E-state index in [1.807, 2.05) is 0 Å². The van der Waals surface area contributed by atoms with Gasteiger partial charge in [0.15, 0.2) is 0 Å². The Labute approximate surface area is 195 Å². The number of unbranched alkanes of at least 4 members (excludes halogenated alkanes) is 4. The van der Waals surface area contributed by atoms with Gasteiger partial charge in [-0.15, -0.1) is 0 Å². The predicted octanol–water partition coefficient (Wildman–Crippen LogP) is 2.05. The first kappa shape index (κ1) is 31.6. The third kappa shape index (κ3) is 29.6. The van der Waals surface area contributed by atoms with Crippen LogP contribution in [-0.4, -0.2) is 112 Å². The molecule has 0 spiro atoms. The highest BCUT2D eigenvalue weighted by Gasteiger charge is 1.95. The molecule has 0 aromatic heterocycles. The molecule has 0 heterocycles. The van der Waals surface area contributed by atoms with E-state index in [9.17, 15) is 0 Å². The second kappa shape index (κ2) is 30.6. The van der Waals surface area contributed by atoms with E-state index in [1.165, 1.54) is 25.7 Å². The van der Waals surface area contributed by atoms with Crippen molar-refractivity contribution < 1.29 is 37.9 Å². The van der Waals surface area contributed by atoms with Crippen LogP contribution >= 0.6 is 0 Å². The quantitative estimate of drug-likeness (QED) is 0.166. The zero-order chi connectivity index (χ0) is 23.2. The topological polar surface area (TPSA) is 99.9 Å². The Bertz CT molecular complexity index is 296. The summed E-state index contributed by atoms with van der Waals surface area (Å²) in [5, 5.41) is 0. The Hall–Kier alpha value is -0.360. The van der Waals surface area contributed by atoms with Crippen molar-refractivity contribution in [2.75, 3.05) is 112 Å². The highest BCUT2D eigenvalue weighted by molar-refractivity contribution is 4.42. The largest absolute Gasteiger partial charge is 0.379 e. The van der Waals surface area contributed by atoms with Gasteiger partial charge >= 0.3 is 0 Å². The summed E-state index contributed by atoms with van der Waals surface area (Å²) in [5.74, 6) is 0. The molecule has 32 heavy (non-hydrogen) atoms. The molecule has 0 aromatic rings. The van der Waals surface area contributed by atoms with Gasteiger partial charge in [0.2, 0.25) is 0 Å². The van der Waals surface area contributed by atoms with Gasteiger partial charge in [-0.1, -0.05) is 32.6 Å². The number of nitrogens with two attached hydrogens (primary N) is 1. The fourth-order valence-electron chi connectivity index (χ4n) is 2.53. The van der Waals surface area contributed by atoms with Gasteiger partial charge in [0.1, 0.15) is 0 Å². The van der Waals surface area contributed by atoms with E-state index in [-0.39, 0.29) is 0 Å². The molecule has 0 radical (unpaired) electrons. The van der Waals surface area contributed by atoms with Gasteiger partial charge in [-0.25, -0.2) is 0 Å². The van der Waals surface area contributed by atoms with Gasteiger partial charge in [-0.2, -0.15) is 0 Å². The van der Waals surface area contributed by atoms with Crippen LogP contribution in [0.1, 0.15) is 39.0 Å². The van der Waals surface area contributed by atoms with E-state index < -0.39 is 0 Å². The highest BCUT2D eigenvalue weighted by Crippen LogP contribution is 2.02. The molecule has 0 bridgehead atoms. The molecule has 0 saturated carbocycles. The monoisotopic (exact) mass is 467 g/mol. The summed E-state index contributed by atoms with van der Waals surface area (Å²) in [6, 6.07) is 0. The molecule has 0 aliphatic heterocycles. The Morgan fingerprint density at radius 2 is 0.625 bits per heavy atom. The second-order valence-corrected chi connectivity index (χ2v) is 7.10. The molecule has 0 unspecified atom stereocenters. The van der Waals surface area contributed by atoms with Crippen LogP contribution in [0.25, 0.3) is 0 Å². The highest BCUT2D eigenvalue weighted by atomic mass is 16.6. The van der Waals surface area contributed by atoms with E-state index >= 15 is 0 Å². The van der Waals surface area contributed by atoms with Gasteiger partial charge < -0.3 is 43.6 Å². The molecule has 0 saturated heterocycles. The van der Waals surface area contributed by atoms with Crippen LogP contribution in [0.3, 0.4) is 0 Å². The summed E-state index contributed by atoms with van der Waals surface area (Å²) >= 11 is 0. The fraction of sp³-hybridized carbons (Fsp3) is 1.00. The van der Waals surface area contributed by atoms with Crippen LogP contribution in [0, 0.1) is 0 Å². The van der Waals surface area contributed by atoms with Crippen molar-refractivity contribution in [1.29, 1.82) is 0 Å². The van der Waals surface area contributed by atoms with Crippen molar-refractivity contribution in [2.24, 2.45) is 5.73 Å². The number of hydrogen-bond donors (Lipinski definition) is 1. The van der Waals surface area contributed by atoms with Gasteiger partial charge in [0.05, 0.1) is 99.1 Å². The molecule has 0 fully saturated rings. The van der Waals surface area contributed by atoms with Crippen LogP contribution < -0.4 is 5.73 Å². The lowest BCUT2D eigenvalue weighted by Gasteiger charge is -2.08. The summed E-state index contributed by atoms with van der Waals surface area (Å²) in [7, 11) is 0. The first-order chi connectivity index (χ1) is 15.9. The van der Waals surface area contributed by atoms with E-state index in [1.54, 1.807) is 0 Å². The first-order valence-electron chi connectivity index (χ1n) is 12.2. The van der Waals surface area contributed by atoms with Crippen LogP contribution in [-0.2, 0) is 37.9 Å².